The number of hydrogen-bond acceptors (Lipinski definition) is 5. The Balaban J connectivity index is 1.70. The van der Waals surface area contributed by atoms with E-state index in [1.54, 1.807) is 36.4 Å². The molecule has 0 atom stereocenters. The van der Waals surface area contributed by atoms with Crippen LogP contribution in [0.5, 0.6) is 5.75 Å². The van der Waals surface area contributed by atoms with E-state index in [0.717, 1.165) is 22.0 Å². The molecule has 0 spiro atoms. The molecule has 6 heteroatoms. The van der Waals surface area contributed by atoms with Crippen molar-refractivity contribution in [2.45, 2.75) is 6.92 Å². The third-order valence-corrected chi connectivity index (χ3v) is 4.61. The third kappa shape index (κ3) is 3.54. The molecule has 1 heterocycles. The van der Waals surface area contributed by atoms with Gasteiger partial charge in [-0.05, 0) is 61.5 Å². The lowest BCUT2D eigenvalue weighted by molar-refractivity contribution is 0.102. The van der Waals surface area contributed by atoms with Crippen LogP contribution in [0.3, 0.4) is 0 Å². The Morgan fingerprint density at radius 1 is 1.10 bits per heavy atom. The van der Waals surface area contributed by atoms with Crippen molar-refractivity contribution >= 4 is 39.1 Å². The van der Waals surface area contributed by atoms with E-state index < -0.39 is 0 Å². The van der Waals surface area contributed by atoms with Crippen LogP contribution in [0.25, 0.3) is 21.8 Å². The van der Waals surface area contributed by atoms with Crippen molar-refractivity contribution in [2.24, 2.45) is 0 Å². The van der Waals surface area contributed by atoms with E-state index in [4.69, 9.17) is 15.7 Å². The van der Waals surface area contributed by atoms with Gasteiger partial charge in [-0.15, -0.1) is 0 Å². The maximum absolute atomic E-state index is 12.5. The van der Waals surface area contributed by atoms with Crippen molar-refractivity contribution in [1.29, 1.82) is 5.26 Å². The van der Waals surface area contributed by atoms with Gasteiger partial charge >= 0.3 is 0 Å². The zero-order chi connectivity index (χ0) is 20.4. The molecule has 0 unspecified atom stereocenters. The summed E-state index contributed by atoms with van der Waals surface area (Å²) in [6, 6.07) is 19.6. The van der Waals surface area contributed by atoms with E-state index in [0.29, 0.717) is 34.6 Å². The summed E-state index contributed by atoms with van der Waals surface area (Å²) >= 11 is 0. The highest BCUT2D eigenvalue weighted by Gasteiger charge is 2.11. The summed E-state index contributed by atoms with van der Waals surface area (Å²) in [7, 11) is 0. The maximum Gasteiger partial charge on any atom is 0.255 e. The predicted molar refractivity (Wildman–Crippen MR) is 114 cm³/mol. The average molecular weight is 382 g/mol. The fourth-order valence-electron chi connectivity index (χ4n) is 3.22. The van der Waals surface area contributed by atoms with Crippen molar-refractivity contribution in [2.75, 3.05) is 17.7 Å². The Labute approximate surface area is 167 Å². The van der Waals surface area contributed by atoms with Crippen LogP contribution in [0.4, 0.5) is 11.4 Å². The Morgan fingerprint density at radius 2 is 1.97 bits per heavy atom. The van der Waals surface area contributed by atoms with Crippen LogP contribution in [0.15, 0.2) is 60.7 Å². The van der Waals surface area contributed by atoms with Crippen LogP contribution in [-0.4, -0.2) is 17.5 Å². The topological polar surface area (TPSA) is 101 Å². The number of nitrogens with two attached hydrogens (primary N) is 1. The molecule has 4 rings (SSSR count). The van der Waals surface area contributed by atoms with Crippen LogP contribution in [0, 0.1) is 11.3 Å². The number of amides is 1. The Bertz CT molecular complexity index is 1290. The molecule has 0 fully saturated rings. The fraction of sp³-hybridized carbons (Fsp3) is 0.0870. The molecule has 0 aliphatic heterocycles. The molecule has 3 N–H and O–H groups in total. The second-order valence-electron chi connectivity index (χ2n) is 6.52. The first kappa shape index (κ1) is 18.3. The molecule has 0 bridgehead atoms. The summed E-state index contributed by atoms with van der Waals surface area (Å²) in [5, 5.41) is 13.5. The number of nitrogens with zero attached hydrogens (tertiary/aromatic N) is 2. The number of carbonyl (C=O) groups excluding carboxylic acids is 1. The molecule has 0 saturated carbocycles. The second kappa shape index (κ2) is 7.49. The van der Waals surface area contributed by atoms with Crippen molar-refractivity contribution in [3.8, 4) is 11.8 Å². The zero-order valence-corrected chi connectivity index (χ0v) is 15.8. The molecule has 0 saturated heterocycles. The van der Waals surface area contributed by atoms with Crippen molar-refractivity contribution in [3.05, 3.63) is 71.8 Å². The van der Waals surface area contributed by atoms with Gasteiger partial charge in [-0.1, -0.05) is 6.07 Å². The molecule has 0 radical (unpaired) electrons. The molecular formula is C23H18N4O2. The first-order valence-corrected chi connectivity index (χ1v) is 9.16. The second-order valence-corrected chi connectivity index (χ2v) is 6.52. The minimum Gasteiger partial charge on any atom is -0.494 e. The van der Waals surface area contributed by atoms with Gasteiger partial charge in [0.2, 0.25) is 0 Å². The quantitative estimate of drug-likeness (QED) is 0.506. The fourth-order valence-corrected chi connectivity index (χ4v) is 3.22. The van der Waals surface area contributed by atoms with Crippen molar-refractivity contribution in [3.63, 3.8) is 0 Å². The van der Waals surface area contributed by atoms with Gasteiger partial charge < -0.3 is 15.8 Å². The lowest BCUT2D eigenvalue weighted by Gasteiger charge is -2.11. The molecular weight excluding hydrogens is 364 g/mol. The van der Waals surface area contributed by atoms with E-state index in [1.807, 2.05) is 37.3 Å². The Hall–Kier alpha value is -4.11. The van der Waals surface area contributed by atoms with Crippen LogP contribution in [0.1, 0.15) is 22.8 Å². The molecule has 6 nitrogen and oxygen atoms in total. The number of benzene rings is 3. The van der Waals surface area contributed by atoms with Crippen molar-refractivity contribution in [1.82, 2.24) is 4.98 Å². The number of pyridine rings is 1. The number of nitriles is 1. The number of carbonyl (C=O) groups is 1. The summed E-state index contributed by atoms with van der Waals surface area (Å²) < 4.78 is 5.55. The number of fused-ring (bicyclic) bond motifs is 2. The highest BCUT2D eigenvalue weighted by Crippen LogP contribution is 2.32. The SMILES string of the molecule is CCOc1ccc2nc3cc(NC(=O)c4cccc(C#N)c4)ccc3c(N)c2c1. The first-order chi connectivity index (χ1) is 14.1. The van der Waals surface area contributed by atoms with E-state index >= 15 is 0 Å². The van der Waals surface area contributed by atoms with E-state index in [2.05, 4.69) is 10.3 Å². The monoisotopic (exact) mass is 382 g/mol. The van der Waals surface area contributed by atoms with Gasteiger partial charge in [0, 0.05) is 22.0 Å². The normalized spacial score (nSPS) is 10.6. The number of aromatic nitrogens is 1. The molecule has 4 aromatic rings. The van der Waals surface area contributed by atoms with Crippen LogP contribution in [-0.2, 0) is 0 Å². The summed E-state index contributed by atoms with van der Waals surface area (Å²) in [5.41, 5.74) is 9.88. The molecule has 1 aromatic heterocycles. The molecule has 142 valence electrons. The van der Waals surface area contributed by atoms with Crippen molar-refractivity contribution < 1.29 is 9.53 Å². The summed E-state index contributed by atoms with van der Waals surface area (Å²) in [6.45, 7) is 2.51. The Morgan fingerprint density at radius 3 is 2.76 bits per heavy atom. The Kier molecular flexibility index (Phi) is 4.71. The van der Waals surface area contributed by atoms with Gasteiger partial charge in [-0.2, -0.15) is 5.26 Å². The van der Waals surface area contributed by atoms with E-state index in [-0.39, 0.29) is 5.91 Å². The lowest BCUT2D eigenvalue weighted by atomic mass is 10.1. The van der Waals surface area contributed by atoms with Gasteiger partial charge in [-0.25, -0.2) is 4.98 Å². The number of nitrogens with one attached hydrogen (secondary N) is 1. The minimum absolute atomic E-state index is 0.295. The standard InChI is InChI=1S/C23H18N4O2/c1-2-29-17-7-9-20-19(12-17)22(25)18-8-6-16(11-21(18)27-20)26-23(28)15-5-3-4-14(10-15)13-24/h3-12H,2H2,1H3,(H2,25,27)(H,26,28). The number of hydrogen-bond donors (Lipinski definition) is 2. The molecule has 29 heavy (non-hydrogen) atoms. The highest BCUT2D eigenvalue weighted by molar-refractivity contribution is 6.09. The summed E-state index contributed by atoms with van der Waals surface area (Å²) in [6.07, 6.45) is 0. The molecule has 0 aliphatic rings. The molecule has 0 aliphatic carbocycles. The average Bonchev–Trinajstić information content (AvgIpc) is 2.74. The maximum atomic E-state index is 12.5. The van der Waals surface area contributed by atoms with Gasteiger partial charge in [0.25, 0.3) is 5.91 Å². The summed E-state index contributed by atoms with van der Waals surface area (Å²) in [4.78, 5) is 17.2. The summed E-state index contributed by atoms with van der Waals surface area (Å²) in [5.74, 6) is 0.452. The largest absolute Gasteiger partial charge is 0.494 e. The van der Waals surface area contributed by atoms with Crippen LogP contribution < -0.4 is 15.8 Å². The van der Waals surface area contributed by atoms with E-state index in [1.165, 1.54) is 0 Å². The van der Waals surface area contributed by atoms with Gasteiger partial charge in [0.15, 0.2) is 0 Å². The zero-order valence-electron chi connectivity index (χ0n) is 15.8. The highest BCUT2D eigenvalue weighted by atomic mass is 16.5. The van der Waals surface area contributed by atoms with E-state index in [9.17, 15) is 4.79 Å². The smallest absolute Gasteiger partial charge is 0.255 e. The predicted octanol–water partition coefficient (Wildman–Crippen LogP) is 4.49. The minimum atomic E-state index is -0.295. The number of nitrogen functional groups attached to an aromatic ring is 1. The van der Waals surface area contributed by atoms with Gasteiger partial charge in [0.05, 0.1) is 35.0 Å². The number of rotatable bonds is 4. The van der Waals surface area contributed by atoms with Gasteiger partial charge in [-0.3, -0.25) is 4.79 Å². The lowest BCUT2D eigenvalue weighted by Crippen LogP contribution is -2.12. The van der Waals surface area contributed by atoms with Crippen LogP contribution >= 0.6 is 0 Å². The first-order valence-electron chi connectivity index (χ1n) is 9.16. The number of anilines is 2. The van der Waals surface area contributed by atoms with Gasteiger partial charge in [0.1, 0.15) is 5.75 Å². The third-order valence-electron chi connectivity index (χ3n) is 4.61. The van der Waals surface area contributed by atoms with Crippen LogP contribution in [0.2, 0.25) is 0 Å². The molecule has 1 amide bonds. The number of ether oxygens (including phenoxy) is 1. The molecule has 3 aromatic carbocycles.